The monoisotopic (exact) mass is 432 g/mol. The summed E-state index contributed by atoms with van der Waals surface area (Å²) in [6.07, 6.45) is -1.41. The fourth-order valence-electron chi connectivity index (χ4n) is 3.82. The Morgan fingerprint density at radius 3 is 2.71 bits per heavy atom. The normalized spacial score (nSPS) is 17.1. The summed E-state index contributed by atoms with van der Waals surface area (Å²) in [6.45, 7) is 1.62. The van der Waals surface area contributed by atoms with Gasteiger partial charge in [0.2, 0.25) is 5.91 Å². The molecule has 10 heteroatoms. The smallest absolute Gasteiger partial charge is 0.356 e. The van der Waals surface area contributed by atoms with Gasteiger partial charge in [0.1, 0.15) is 5.82 Å². The number of hydrogen-bond acceptors (Lipinski definition) is 5. The summed E-state index contributed by atoms with van der Waals surface area (Å²) in [5.41, 5.74) is 1.26. The molecule has 1 saturated heterocycles. The van der Waals surface area contributed by atoms with E-state index in [4.69, 9.17) is 0 Å². The Hall–Kier alpha value is -3.17. The van der Waals surface area contributed by atoms with Gasteiger partial charge in [-0.05, 0) is 43.4 Å². The molecule has 0 aliphatic carbocycles. The average molecular weight is 432 g/mol. The highest BCUT2D eigenvalue weighted by atomic mass is 19.4. The molecule has 164 valence electrons. The van der Waals surface area contributed by atoms with E-state index in [0.717, 1.165) is 25.7 Å². The zero-order valence-electron chi connectivity index (χ0n) is 16.8. The number of anilines is 1. The molecule has 0 bridgehead atoms. The summed E-state index contributed by atoms with van der Waals surface area (Å²) < 4.78 is 40.1. The lowest BCUT2D eigenvalue weighted by molar-refractivity contribution is -0.146. The number of benzene rings is 1. The molecule has 1 fully saturated rings. The van der Waals surface area contributed by atoms with E-state index in [1.165, 1.54) is 11.6 Å². The van der Waals surface area contributed by atoms with Crippen molar-refractivity contribution in [3.8, 4) is 0 Å². The number of nitrogens with zero attached hydrogens (tertiary/aromatic N) is 5. The Morgan fingerprint density at radius 2 is 1.94 bits per heavy atom. The van der Waals surface area contributed by atoms with Crippen molar-refractivity contribution in [2.24, 2.45) is 5.92 Å². The van der Waals surface area contributed by atoms with Gasteiger partial charge in [-0.2, -0.15) is 17.7 Å². The number of amides is 1. The lowest BCUT2D eigenvalue weighted by Gasteiger charge is -2.32. The molecule has 1 aromatic carbocycles. The molecule has 0 unspecified atom stereocenters. The Labute approximate surface area is 177 Å². The number of piperidine rings is 1. The number of aromatic nitrogens is 4. The van der Waals surface area contributed by atoms with Crippen molar-refractivity contribution >= 4 is 17.4 Å². The van der Waals surface area contributed by atoms with Gasteiger partial charge in [0.05, 0.1) is 5.92 Å². The lowest BCUT2D eigenvalue weighted by atomic mass is 9.97. The fourth-order valence-corrected chi connectivity index (χ4v) is 3.82. The average Bonchev–Trinajstić information content (AvgIpc) is 3.21. The van der Waals surface area contributed by atoms with E-state index in [1.54, 1.807) is 6.07 Å². The van der Waals surface area contributed by atoms with E-state index in [0.29, 0.717) is 30.0 Å². The molecule has 0 spiro atoms. The molecule has 2 aromatic heterocycles. The number of nitrogens with one attached hydrogen (secondary N) is 1. The van der Waals surface area contributed by atoms with E-state index in [-0.39, 0.29) is 17.5 Å². The van der Waals surface area contributed by atoms with Gasteiger partial charge in [-0.3, -0.25) is 4.79 Å². The third-order valence-corrected chi connectivity index (χ3v) is 5.40. The minimum atomic E-state index is -4.64. The summed E-state index contributed by atoms with van der Waals surface area (Å²) in [6, 6.07) is 13.2. The van der Waals surface area contributed by atoms with Crippen LogP contribution in [0.15, 0.2) is 42.5 Å². The highest BCUT2D eigenvalue weighted by molar-refractivity contribution is 5.79. The van der Waals surface area contributed by atoms with Crippen molar-refractivity contribution in [1.29, 1.82) is 0 Å². The van der Waals surface area contributed by atoms with Crippen LogP contribution in [0.3, 0.4) is 0 Å². The number of alkyl halides is 3. The first-order valence-corrected chi connectivity index (χ1v) is 10.3. The third kappa shape index (κ3) is 4.95. The number of carbonyl (C=O) groups is 1. The predicted octanol–water partition coefficient (Wildman–Crippen LogP) is 3.11. The zero-order valence-corrected chi connectivity index (χ0v) is 16.8. The van der Waals surface area contributed by atoms with Gasteiger partial charge in [0.15, 0.2) is 5.65 Å². The van der Waals surface area contributed by atoms with Crippen LogP contribution in [-0.2, 0) is 17.4 Å². The van der Waals surface area contributed by atoms with Crippen LogP contribution in [0.25, 0.3) is 5.65 Å². The van der Waals surface area contributed by atoms with E-state index < -0.39 is 12.0 Å². The first-order chi connectivity index (χ1) is 14.9. The van der Waals surface area contributed by atoms with E-state index in [9.17, 15) is 18.0 Å². The second-order valence-corrected chi connectivity index (χ2v) is 7.65. The Morgan fingerprint density at radius 1 is 1.13 bits per heavy atom. The van der Waals surface area contributed by atoms with Gasteiger partial charge in [0.25, 0.3) is 5.82 Å². The maximum absolute atomic E-state index is 13.1. The summed E-state index contributed by atoms with van der Waals surface area (Å²) in [5, 5.41) is 13.8. The molecule has 3 heterocycles. The van der Waals surface area contributed by atoms with Crippen LogP contribution < -0.4 is 10.2 Å². The van der Waals surface area contributed by atoms with Crippen molar-refractivity contribution in [2.45, 2.75) is 31.9 Å². The summed E-state index contributed by atoms with van der Waals surface area (Å²) >= 11 is 0. The molecule has 7 nitrogen and oxygen atoms in total. The number of rotatable bonds is 6. The molecule has 0 saturated carbocycles. The molecule has 0 radical (unpaired) electrons. The summed E-state index contributed by atoms with van der Waals surface area (Å²) in [4.78, 5) is 14.5. The van der Waals surface area contributed by atoms with Gasteiger partial charge < -0.3 is 10.2 Å². The minimum Gasteiger partial charge on any atom is -0.356 e. The Bertz CT molecular complexity index is 1040. The molecule has 3 aromatic rings. The van der Waals surface area contributed by atoms with Gasteiger partial charge in [0, 0.05) is 19.6 Å². The van der Waals surface area contributed by atoms with Crippen LogP contribution >= 0.6 is 0 Å². The van der Waals surface area contributed by atoms with Crippen LogP contribution in [0.5, 0.6) is 0 Å². The minimum absolute atomic E-state index is 0.0285. The second-order valence-electron chi connectivity index (χ2n) is 7.65. The van der Waals surface area contributed by atoms with E-state index >= 15 is 0 Å². The topological polar surface area (TPSA) is 75.4 Å². The molecule has 4 rings (SSSR count). The maximum Gasteiger partial charge on any atom is 0.453 e. The zero-order chi connectivity index (χ0) is 21.8. The van der Waals surface area contributed by atoms with Crippen molar-refractivity contribution < 1.29 is 18.0 Å². The van der Waals surface area contributed by atoms with Crippen LogP contribution in [0.4, 0.5) is 19.0 Å². The van der Waals surface area contributed by atoms with Crippen LogP contribution in [0, 0.1) is 5.92 Å². The Kier molecular flexibility index (Phi) is 6.06. The van der Waals surface area contributed by atoms with Gasteiger partial charge in [-0.15, -0.1) is 15.3 Å². The molecule has 1 atom stereocenters. The summed E-state index contributed by atoms with van der Waals surface area (Å²) in [5.74, 6) is -1.04. The first kappa shape index (κ1) is 21.1. The first-order valence-electron chi connectivity index (χ1n) is 10.3. The maximum atomic E-state index is 13.1. The summed E-state index contributed by atoms with van der Waals surface area (Å²) in [7, 11) is 0. The lowest BCUT2D eigenvalue weighted by Crippen LogP contribution is -2.43. The number of hydrogen-bond donors (Lipinski definition) is 1. The highest BCUT2D eigenvalue weighted by Gasteiger charge is 2.38. The number of halogens is 3. The van der Waals surface area contributed by atoms with Gasteiger partial charge >= 0.3 is 6.18 Å². The molecule has 1 aliphatic heterocycles. The number of fused-ring (bicyclic) bond motifs is 1. The SMILES string of the molecule is O=C(NCCCc1ccccc1)[C@@H]1CCCN(c2ccc3nnc(C(F)(F)F)n3n2)C1. The molecular weight excluding hydrogens is 409 g/mol. The Balaban J connectivity index is 1.36. The van der Waals surface area contributed by atoms with Crippen molar-refractivity contribution in [2.75, 3.05) is 24.5 Å². The van der Waals surface area contributed by atoms with Crippen molar-refractivity contribution in [3.63, 3.8) is 0 Å². The molecule has 1 aliphatic rings. The van der Waals surface area contributed by atoms with Gasteiger partial charge in [-0.1, -0.05) is 30.3 Å². The van der Waals surface area contributed by atoms with Crippen LogP contribution in [0.1, 0.15) is 30.7 Å². The number of carbonyl (C=O) groups excluding carboxylic acids is 1. The molecule has 31 heavy (non-hydrogen) atoms. The molecule has 1 N–H and O–H groups in total. The predicted molar refractivity (Wildman–Crippen MR) is 108 cm³/mol. The number of aryl methyl sites for hydroxylation is 1. The van der Waals surface area contributed by atoms with Crippen molar-refractivity contribution in [3.05, 3.63) is 53.9 Å². The highest BCUT2D eigenvalue weighted by Crippen LogP contribution is 2.28. The largest absolute Gasteiger partial charge is 0.453 e. The van der Waals surface area contributed by atoms with E-state index in [1.807, 2.05) is 23.1 Å². The van der Waals surface area contributed by atoms with Crippen molar-refractivity contribution in [1.82, 2.24) is 25.1 Å². The van der Waals surface area contributed by atoms with Gasteiger partial charge in [-0.25, -0.2) is 0 Å². The third-order valence-electron chi connectivity index (χ3n) is 5.40. The van der Waals surface area contributed by atoms with E-state index in [2.05, 4.69) is 32.7 Å². The van der Waals surface area contributed by atoms with Crippen LogP contribution in [-0.4, -0.2) is 45.4 Å². The fraction of sp³-hybridized carbons (Fsp3) is 0.429. The molecule has 1 amide bonds. The quantitative estimate of drug-likeness (QED) is 0.606. The van der Waals surface area contributed by atoms with Crippen LogP contribution in [0.2, 0.25) is 0 Å². The standard InChI is InChI=1S/C21H23F3N6O/c22-21(23,24)20-27-26-17-10-11-18(28-30(17)20)29-13-5-9-16(14-29)19(31)25-12-4-8-15-6-2-1-3-7-15/h1-3,6-7,10-11,16H,4-5,8-9,12-14H2,(H,25,31)/t16-/m1/s1. The molecular formula is C21H23F3N6O. The second kappa shape index (κ2) is 8.91.